The molecule has 1 aliphatic heterocycles. The van der Waals surface area contributed by atoms with Crippen LogP contribution >= 0.6 is 0 Å². The fourth-order valence-corrected chi connectivity index (χ4v) is 7.51. The molecule has 1 aromatic carbocycles. The van der Waals surface area contributed by atoms with E-state index in [1.54, 1.807) is 0 Å². The zero-order valence-corrected chi connectivity index (χ0v) is 17.0. The average Bonchev–Trinajstić information content (AvgIpc) is 2.96. The lowest BCUT2D eigenvalue weighted by Gasteiger charge is -2.55. The van der Waals surface area contributed by atoms with E-state index in [0.29, 0.717) is 23.5 Å². The monoisotopic (exact) mass is 380 g/mol. The van der Waals surface area contributed by atoms with Crippen molar-refractivity contribution in [3.05, 3.63) is 42.0 Å². The van der Waals surface area contributed by atoms with Gasteiger partial charge in [0.05, 0.1) is 5.92 Å². The van der Waals surface area contributed by atoms with Crippen molar-refractivity contribution in [1.29, 1.82) is 0 Å². The topological polar surface area (TPSA) is 46.5 Å². The van der Waals surface area contributed by atoms with Crippen molar-refractivity contribution >= 4 is 5.97 Å². The van der Waals surface area contributed by atoms with Crippen molar-refractivity contribution < 1.29 is 14.6 Å². The van der Waals surface area contributed by atoms with Gasteiger partial charge in [-0.3, -0.25) is 4.79 Å². The van der Waals surface area contributed by atoms with Crippen molar-refractivity contribution in [2.75, 3.05) is 0 Å². The molecule has 0 bridgehead atoms. The number of esters is 1. The molecule has 1 spiro atoms. The lowest BCUT2D eigenvalue weighted by atomic mass is 9.52. The van der Waals surface area contributed by atoms with Gasteiger partial charge in [0.2, 0.25) is 0 Å². The number of rotatable bonds is 2. The molecule has 6 atom stereocenters. The summed E-state index contributed by atoms with van der Waals surface area (Å²) >= 11 is 0. The smallest absolute Gasteiger partial charge is 0.309 e. The Morgan fingerprint density at radius 2 is 2.04 bits per heavy atom. The van der Waals surface area contributed by atoms with Crippen molar-refractivity contribution in [3.8, 4) is 5.75 Å². The van der Waals surface area contributed by atoms with Crippen LogP contribution in [-0.4, -0.2) is 16.7 Å². The van der Waals surface area contributed by atoms with Gasteiger partial charge in [0.1, 0.15) is 11.4 Å². The molecule has 2 saturated carbocycles. The summed E-state index contributed by atoms with van der Waals surface area (Å²) < 4.78 is 6.32. The number of fused-ring (bicyclic) bond motifs is 6. The highest BCUT2D eigenvalue weighted by Crippen LogP contribution is 2.67. The summed E-state index contributed by atoms with van der Waals surface area (Å²) in [7, 11) is 0. The van der Waals surface area contributed by atoms with E-state index in [1.165, 1.54) is 30.4 Å². The van der Waals surface area contributed by atoms with E-state index in [2.05, 4.69) is 19.6 Å². The van der Waals surface area contributed by atoms with Crippen LogP contribution in [0.4, 0.5) is 0 Å². The summed E-state index contributed by atoms with van der Waals surface area (Å²) in [6, 6.07) is 5.99. The number of hydrogen-bond acceptors (Lipinski definition) is 3. The Labute approximate surface area is 168 Å². The van der Waals surface area contributed by atoms with Crippen LogP contribution in [0.3, 0.4) is 0 Å². The van der Waals surface area contributed by atoms with Gasteiger partial charge in [-0.15, -0.1) is 6.58 Å². The number of aromatic hydroxyl groups is 1. The number of aryl methyl sites for hydroxylation is 1. The molecular weight excluding hydrogens is 348 g/mol. The molecule has 0 radical (unpaired) electrons. The van der Waals surface area contributed by atoms with E-state index in [9.17, 15) is 9.90 Å². The molecule has 0 aromatic heterocycles. The van der Waals surface area contributed by atoms with Gasteiger partial charge in [0, 0.05) is 5.41 Å². The maximum Gasteiger partial charge on any atom is 0.309 e. The van der Waals surface area contributed by atoms with E-state index < -0.39 is 0 Å². The van der Waals surface area contributed by atoms with Crippen molar-refractivity contribution in [2.24, 2.45) is 23.2 Å². The van der Waals surface area contributed by atoms with Crippen LogP contribution < -0.4 is 0 Å². The Bertz CT molecular complexity index is 814. The van der Waals surface area contributed by atoms with Crippen LogP contribution in [0.2, 0.25) is 0 Å². The predicted molar refractivity (Wildman–Crippen MR) is 109 cm³/mol. The molecule has 5 rings (SSSR count). The van der Waals surface area contributed by atoms with Crippen LogP contribution in [0.1, 0.15) is 75.3 Å². The Morgan fingerprint density at radius 3 is 2.82 bits per heavy atom. The molecule has 1 heterocycles. The summed E-state index contributed by atoms with van der Waals surface area (Å²) in [5.74, 6) is 2.33. The SMILES string of the molecule is C=CCC1CC[C@@]2(CC[C@H]3[C@@H]4CCc5cc(O)ccc5[C@H]4CC[C@@]32C)OC1=O. The van der Waals surface area contributed by atoms with Crippen LogP contribution in [0.15, 0.2) is 30.9 Å². The molecule has 3 heteroatoms. The minimum Gasteiger partial charge on any atom is -0.508 e. The van der Waals surface area contributed by atoms with Crippen LogP contribution in [0, 0.1) is 23.2 Å². The zero-order chi connectivity index (χ0) is 19.5. The third-order valence-corrected chi connectivity index (χ3v) is 8.98. The number of allylic oxidation sites excluding steroid dienone is 1. The minimum atomic E-state index is -0.243. The molecule has 28 heavy (non-hydrogen) atoms. The molecule has 150 valence electrons. The second-order valence-electron chi connectivity index (χ2n) is 9.97. The van der Waals surface area contributed by atoms with Gasteiger partial charge in [-0.1, -0.05) is 19.1 Å². The van der Waals surface area contributed by atoms with Gasteiger partial charge >= 0.3 is 5.97 Å². The van der Waals surface area contributed by atoms with E-state index >= 15 is 0 Å². The van der Waals surface area contributed by atoms with Crippen molar-refractivity contribution in [3.63, 3.8) is 0 Å². The largest absolute Gasteiger partial charge is 0.508 e. The summed E-state index contributed by atoms with van der Waals surface area (Å²) in [4.78, 5) is 12.7. The predicted octanol–water partition coefficient (Wildman–Crippen LogP) is 5.52. The molecule has 1 unspecified atom stereocenters. The van der Waals surface area contributed by atoms with E-state index in [1.807, 2.05) is 18.2 Å². The number of ether oxygens (including phenoxy) is 1. The highest BCUT2D eigenvalue weighted by atomic mass is 16.6. The third kappa shape index (κ3) is 2.44. The fraction of sp³-hybridized carbons (Fsp3) is 0.640. The summed E-state index contributed by atoms with van der Waals surface area (Å²) in [6.45, 7) is 6.23. The Morgan fingerprint density at radius 1 is 1.21 bits per heavy atom. The van der Waals surface area contributed by atoms with E-state index in [0.717, 1.165) is 38.5 Å². The maximum atomic E-state index is 12.7. The Balaban J connectivity index is 1.43. The van der Waals surface area contributed by atoms with Crippen LogP contribution in [-0.2, 0) is 16.0 Å². The number of phenolic OH excluding ortho intramolecular Hbond substituents is 1. The quantitative estimate of drug-likeness (QED) is 0.543. The number of carbonyl (C=O) groups excluding carboxylic acids is 1. The molecule has 3 fully saturated rings. The number of phenols is 1. The molecule has 3 nitrogen and oxygen atoms in total. The number of hydrogen-bond donors (Lipinski definition) is 1. The zero-order valence-electron chi connectivity index (χ0n) is 17.0. The lowest BCUT2D eigenvalue weighted by Crippen LogP contribution is -2.55. The molecule has 4 aliphatic rings. The molecule has 3 aliphatic carbocycles. The third-order valence-electron chi connectivity index (χ3n) is 8.98. The summed E-state index contributed by atoms with van der Waals surface area (Å²) in [5, 5.41) is 9.87. The molecule has 0 amide bonds. The van der Waals surface area contributed by atoms with Crippen LogP contribution in [0.25, 0.3) is 0 Å². The van der Waals surface area contributed by atoms with Gasteiger partial charge in [0.15, 0.2) is 0 Å². The Hall–Kier alpha value is -1.77. The van der Waals surface area contributed by atoms with Gasteiger partial charge < -0.3 is 9.84 Å². The van der Waals surface area contributed by atoms with E-state index in [-0.39, 0.29) is 22.9 Å². The first-order valence-corrected chi connectivity index (χ1v) is 11.1. The first-order valence-electron chi connectivity index (χ1n) is 11.1. The number of carbonyl (C=O) groups is 1. The summed E-state index contributed by atoms with van der Waals surface area (Å²) in [5.41, 5.74) is 2.67. The van der Waals surface area contributed by atoms with E-state index in [4.69, 9.17) is 4.74 Å². The number of benzene rings is 1. The fourth-order valence-electron chi connectivity index (χ4n) is 7.51. The maximum absolute atomic E-state index is 12.7. The standard InChI is InChI=1S/C25H32O3/c1-3-4-16-9-13-25(28-23(16)27)14-11-22-21-7-5-17-15-18(26)6-8-19(17)20(21)10-12-24(22,25)2/h3,6,8,15-16,20-22,26H,1,4-5,7,9-14H2,2H3/t16?,20-,21-,22+,24+,25+/m1/s1. The molecule has 1 N–H and O–H groups in total. The molecule has 1 saturated heterocycles. The molecular formula is C25H32O3. The van der Waals surface area contributed by atoms with Gasteiger partial charge in [-0.25, -0.2) is 0 Å². The van der Waals surface area contributed by atoms with Crippen molar-refractivity contribution in [1.82, 2.24) is 0 Å². The van der Waals surface area contributed by atoms with Gasteiger partial charge in [-0.05, 0) is 98.8 Å². The highest BCUT2D eigenvalue weighted by Gasteiger charge is 2.64. The normalized spacial score (nSPS) is 41.7. The second-order valence-corrected chi connectivity index (χ2v) is 9.97. The Kier molecular flexibility index (Phi) is 4.16. The first kappa shape index (κ1) is 18.3. The van der Waals surface area contributed by atoms with Crippen LogP contribution in [0.5, 0.6) is 5.75 Å². The highest BCUT2D eigenvalue weighted by molar-refractivity contribution is 5.74. The minimum absolute atomic E-state index is 0.0105. The van der Waals surface area contributed by atoms with Crippen molar-refractivity contribution in [2.45, 2.75) is 76.2 Å². The summed E-state index contributed by atoms with van der Waals surface area (Å²) in [6.07, 6.45) is 11.3. The van der Waals surface area contributed by atoms with Gasteiger partial charge in [0.25, 0.3) is 0 Å². The van der Waals surface area contributed by atoms with Gasteiger partial charge in [-0.2, -0.15) is 0 Å². The second kappa shape index (κ2) is 6.37. The first-order chi connectivity index (χ1) is 13.5. The lowest BCUT2D eigenvalue weighted by molar-refractivity contribution is -0.198. The average molecular weight is 381 g/mol. The molecule has 1 aromatic rings.